The van der Waals surface area contributed by atoms with Crippen LogP contribution in [0.5, 0.6) is 5.75 Å². The smallest absolute Gasteiger partial charge is 0.257 e. The highest BCUT2D eigenvalue weighted by atomic mass is 32.2. The highest BCUT2D eigenvalue weighted by molar-refractivity contribution is 7.89. The molecule has 1 amide bonds. The lowest BCUT2D eigenvalue weighted by molar-refractivity contribution is 0.0694. The summed E-state index contributed by atoms with van der Waals surface area (Å²) in [5.74, 6) is -0.295. The minimum absolute atomic E-state index is 0.0194. The van der Waals surface area contributed by atoms with Crippen molar-refractivity contribution < 1.29 is 18.3 Å². The van der Waals surface area contributed by atoms with Gasteiger partial charge >= 0.3 is 0 Å². The van der Waals surface area contributed by atoms with Crippen LogP contribution in [0.1, 0.15) is 38.2 Å². The topological polar surface area (TPSA) is 77.9 Å². The van der Waals surface area contributed by atoms with Crippen LogP contribution in [0.25, 0.3) is 0 Å². The van der Waals surface area contributed by atoms with E-state index in [2.05, 4.69) is 0 Å². The van der Waals surface area contributed by atoms with Gasteiger partial charge in [0.05, 0.1) is 10.5 Å². The van der Waals surface area contributed by atoms with E-state index in [0.29, 0.717) is 10.5 Å². The minimum atomic E-state index is -3.65. The quantitative estimate of drug-likeness (QED) is 0.834. The molecule has 3 rings (SSSR count). The molecule has 0 aromatic heterocycles. The fraction of sp³-hybridized carbons (Fsp3) is 0.409. The van der Waals surface area contributed by atoms with Crippen molar-refractivity contribution in [3.8, 4) is 5.75 Å². The van der Waals surface area contributed by atoms with E-state index < -0.39 is 10.0 Å². The number of rotatable bonds is 3. The molecule has 1 saturated heterocycles. The number of aromatic hydroxyl groups is 1. The molecule has 1 fully saturated rings. The summed E-state index contributed by atoms with van der Waals surface area (Å²) >= 11 is 0. The lowest BCUT2D eigenvalue weighted by Crippen LogP contribution is -2.50. The van der Waals surface area contributed by atoms with Crippen LogP contribution in [-0.2, 0) is 10.0 Å². The van der Waals surface area contributed by atoms with Gasteiger partial charge in [0, 0.05) is 26.2 Å². The van der Waals surface area contributed by atoms with Crippen LogP contribution in [0.15, 0.2) is 29.2 Å². The summed E-state index contributed by atoms with van der Waals surface area (Å²) in [4.78, 5) is 14.8. The highest BCUT2D eigenvalue weighted by Crippen LogP contribution is 2.30. The molecule has 0 spiro atoms. The zero-order valence-electron chi connectivity index (χ0n) is 17.6. The van der Waals surface area contributed by atoms with Crippen molar-refractivity contribution in [1.29, 1.82) is 0 Å². The van der Waals surface area contributed by atoms with Crippen LogP contribution in [0.3, 0.4) is 0 Å². The van der Waals surface area contributed by atoms with E-state index in [9.17, 15) is 18.3 Å². The number of phenols is 1. The van der Waals surface area contributed by atoms with Crippen molar-refractivity contribution in [1.82, 2.24) is 9.21 Å². The van der Waals surface area contributed by atoms with Crippen LogP contribution < -0.4 is 0 Å². The molecule has 2 aromatic rings. The lowest BCUT2D eigenvalue weighted by atomic mass is 10.0. The molecule has 1 heterocycles. The number of aryl methyl sites for hydroxylation is 3. The summed E-state index contributed by atoms with van der Waals surface area (Å²) in [7, 11) is -3.65. The number of carbonyl (C=O) groups excluding carboxylic acids is 1. The average Bonchev–Trinajstić information content (AvgIpc) is 2.68. The van der Waals surface area contributed by atoms with E-state index >= 15 is 0 Å². The van der Waals surface area contributed by atoms with Gasteiger partial charge in [0.1, 0.15) is 5.75 Å². The van der Waals surface area contributed by atoms with E-state index in [1.54, 1.807) is 30.0 Å². The number of piperazine rings is 1. The molecule has 1 aliphatic rings. The first-order valence-electron chi connectivity index (χ1n) is 9.71. The Morgan fingerprint density at radius 1 is 0.897 bits per heavy atom. The number of para-hydroxylation sites is 1. The van der Waals surface area contributed by atoms with Gasteiger partial charge in [-0.25, -0.2) is 8.42 Å². The molecule has 1 aliphatic heterocycles. The van der Waals surface area contributed by atoms with Crippen molar-refractivity contribution in [2.24, 2.45) is 0 Å². The number of sulfonamides is 1. The Labute approximate surface area is 172 Å². The SMILES string of the molecule is Cc1cc(C)c(C)c(S(=O)(=O)N2CCN(C(=O)c3cccc(C)c3O)CC2)c1C. The second-order valence-corrected chi connectivity index (χ2v) is 9.63. The Balaban J connectivity index is 1.82. The molecule has 0 radical (unpaired) electrons. The van der Waals surface area contributed by atoms with Gasteiger partial charge in [-0.2, -0.15) is 4.31 Å². The molecule has 0 atom stereocenters. The maximum atomic E-state index is 13.4. The van der Waals surface area contributed by atoms with E-state index in [-0.39, 0.29) is 43.4 Å². The first-order valence-corrected chi connectivity index (χ1v) is 11.1. The molecule has 0 aliphatic carbocycles. The third kappa shape index (κ3) is 3.76. The van der Waals surface area contributed by atoms with Gasteiger partial charge in [0.2, 0.25) is 10.0 Å². The molecule has 156 valence electrons. The molecule has 7 heteroatoms. The summed E-state index contributed by atoms with van der Waals surface area (Å²) in [6.45, 7) is 10.3. The van der Waals surface area contributed by atoms with Gasteiger partial charge in [-0.3, -0.25) is 4.79 Å². The largest absolute Gasteiger partial charge is 0.507 e. The first kappa shape index (κ1) is 21.3. The monoisotopic (exact) mass is 416 g/mol. The van der Waals surface area contributed by atoms with Gasteiger partial charge in [-0.1, -0.05) is 18.2 Å². The molecule has 1 N–H and O–H groups in total. The minimum Gasteiger partial charge on any atom is -0.507 e. The maximum absolute atomic E-state index is 13.4. The van der Waals surface area contributed by atoms with Crippen molar-refractivity contribution in [2.75, 3.05) is 26.2 Å². The molecule has 2 aromatic carbocycles. The normalized spacial score (nSPS) is 15.6. The Kier molecular flexibility index (Phi) is 5.74. The molecule has 0 bridgehead atoms. The van der Waals surface area contributed by atoms with Gasteiger partial charge in [0.25, 0.3) is 5.91 Å². The van der Waals surface area contributed by atoms with Crippen LogP contribution in [-0.4, -0.2) is 54.8 Å². The first-order chi connectivity index (χ1) is 13.6. The predicted octanol–water partition coefficient (Wildman–Crippen LogP) is 3.08. The number of hydrogen-bond donors (Lipinski definition) is 1. The number of amides is 1. The number of phenolic OH excluding ortho intramolecular Hbond substituents is 1. The summed E-state index contributed by atoms with van der Waals surface area (Å²) in [5.41, 5.74) is 4.35. The van der Waals surface area contributed by atoms with Crippen molar-refractivity contribution in [2.45, 2.75) is 39.5 Å². The maximum Gasteiger partial charge on any atom is 0.257 e. The molecule has 0 saturated carbocycles. The van der Waals surface area contributed by atoms with Crippen LogP contribution in [0.4, 0.5) is 0 Å². The van der Waals surface area contributed by atoms with Crippen LogP contribution in [0, 0.1) is 34.6 Å². The lowest BCUT2D eigenvalue weighted by Gasteiger charge is -2.35. The molecule has 6 nitrogen and oxygen atoms in total. The highest BCUT2D eigenvalue weighted by Gasteiger charge is 2.33. The zero-order valence-corrected chi connectivity index (χ0v) is 18.4. The third-order valence-corrected chi connectivity index (χ3v) is 8.06. The average molecular weight is 417 g/mol. The van der Waals surface area contributed by atoms with E-state index in [1.165, 1.54) is 4.31 Å². The number of carbonyl (C=O) groups is 1. The van der Waals surface area contributed by atoms with E-state index in [1.807, 2.05) is 33.8 Å². The van der Waals surface area contributed by atoms with Gasteiger partial charge in [-0.05, 0) is 68.5 Å². The fourth-order valence-electron chi connectivity index (χ4n) is 3.83. The predicted molar refractivity (Wildman–Crippen MR) is 113 cm³/mol. The van der Waals surface area contributed by atoms with Crippen molar-refractivity contribution in [3.63, 3.8) is 0 Å². The fourth-order valence-corrected chi connectivity index (χ4v) is 5.83. The van der Waals surface area contributed by atoms with Gasteiger partial charge < -0.3 is 10.0 Å². The third-order valence-electron chi connectivity index (χ3n) is 5.89. The standard InChI is InChI=1S/C22H28N2O4S/c1-14-7-6-8-19(20(14)25)22(26)23-9-11-24(12-10-23)29(27,28)21-17(4)15(2)13-16(3)18(21)5/h6-8,13,25H,9-12H2,1-5H3. The Hall–Kier alpha value is -2.38. The molecule has 0 unspecified atom stereocenters. The van der Waals surface area contributed by atoms with E-state index in [0.717, 1.165) is 22.3 Å². The van der Waals surface area contributed by atoms with Crippen LogP contribution in [0.2, 0.25) is 0 Å². The number of nitrogens with zero attached hydrogens (tertiary/aromatic N) is 2. The van der Waals surface area contributed by atoms with E-state index in [4.69, 9.17) is 0 Å². The number of hydrogen-bond acceptors (Lipinski definition) is 4. The second-order valence-electron chi connectivity index (χ2n) is 7.76. The molecular weight excluding hydrogens is 388 g/mol. The van der Waals surface area contributed by atoms with Gasteiger partial charge in [0.15, 0.2) is 0 Å². The van der Waals surface area contributed by atoms with Crippen molar-refractivity contribution >= 4 is 15.9 Å². The summed E-state index contributed by atoms with van der Waals surface area (Å²) in [5, 5.41) is 10.2. The zero-order chi connectivity index (χ0) is 21.5. The summed E-state index contributed by atoms with van der Waals surface area (Å²) in [6.07, 6.45) is 0. The Morgan fingerprint density at radius 2 is 1.45 bits per heavy atom. The van der Waals surface area contributed by atoms with Crippen molar-refractivity contribution in [3.05, 3.63) is 57.6 Å². The molecular formula is C22H28N2O4S. The summed E-state index contributed by atoms with van der Waals surface area (Å²) < 4.78 is 28.2. The van der Waals surface area contributed by atoms with Crippen LogP contribution >= 0.6 is 0 Å². The Morgan fingerprint density at radius 3 is 2.00 bits per heavy atom. The Bertz CT molecular complexity index is 1040. The molecule has 29 heavy (non-hydrogen) atoms. The van der Waals surface area contributed by atoms with Gasteiger partial charge in [-0.15, -0.1) is 0 Å². The number of benzene rings is 2. The second kappa shape index (κ2) is 7.80. The summed E-state index contributed by atoms with van der Waals surface area (Å²) in [6, 6.07) is 7.07.